The predicted molar refractivity (Wildman–Crippen MR) is 58.4 cm³/mol. The van der Waals surface area contributed by atoms with Gasteiger partial charge in [-0.1, -0.05) is 13.2 Å². The first-order valence-electron chi connectivity index (χ1n) is 4.75. The van der Waals surface area contributed by atoms with Crippen LogP contribution in [-0.4, -0.2) is 34.7 Å². The van der Waals surface area contributed by atoms with Crippen LogP contribution >= 0.6 is 0 Å². The lowest BCUT2D eigenvalue weighted by Gasteiger charge is -2.35. The van der Waals surface area contributed by atoms with Crippen LogP contribution in [0.15, 0.2) is 25.3 Å². The van der Waals surface area contributed by atoms with Gasteiger partial charge >= 0.3 is 17.9 Å². The van der Waals surface area contributed by atoms with Crippen LogP contribution in [0.3, 0.4) is 0 Å². The summed E-state index contributed by atoms with van der Waals surface area (Å²) in [4.78, 5) is 21.7. The molecule has 17 heavy (non-hydrogen) atoms. The zero-order chi connectivity index (χ0) is 13.7. The van der Waals surface area contributed by atoms with Crippen molar-refractivity contribution in [2.24, 2.45) is 5.41 Å². The fraction of sp³-hybridized carbons (Fsp3) is 0.455. The van der Waals surface area contributed by atoms with Gasteiger partial charge in [-0.15, -0.1) is 0 Å². The lowest BCUT2D eigenvalue weighted by molar-refractivity contribution is -0.372. The average molecular weight is 244 g/mol. The first-order valence-corrected chi connectivity index (χ1v) is 4.75. The molecule has 0 saturated carbocycles. The van der Waals surface area contributed by atoms with Gasteiger partial charge in [-0.25, -0.2) is 9.59 Å². The molecule has 0 radical (unpaired) electrons. The Hall–Kier alpha value is -1.66. The Morgan fingerprint density at radius 3 is 2.06 bits per heavy atom. The molecule has 0 aliphatic rings. The molecule has 0 rings (SSSR count). The largest absolute Gasteiger partial charge is 0.462 e. The zero-order valence-corrected chi connectivity index (χ0v) is 9.80. The maximum absolute atomic E-state index is 10.9. The van der Waals surface area contributed by atoms with Crippen molar-refractivity contribution in [1.29, 1.82) is 0 Å². The molecule has 0 aliphatic carbocycles. The Balaban J connectivity index is 4.65. The van der Waals surface area contributed by atoms with Gasteiger partial charge in [0.15, 0.2) is 0 Å². The summed E-state index contributed by atoms with van der Waals surface area (Å²) >= 11 is 0. The Kier molecular flexibility index (Phi) is 5.06. The van der Waals surface area contributed by atoms with E-state index in [-0.39, 0.29) is 6.61 Å². The molecule has 6 heteroatoms. The quantitative estimate of drug-likeness (QED) is 0.391. The highest BCUT2D eigenvalue weighted by Gasteiger charge is 2.47. The van der Waals surface area contributed by atoms with Crippen LogP contribution in [-0.2, 0) is 19.1 Å². The number of hydrogen-bond donors (Lipinski definition) is 2. The van der Waals surface area contributed by atoms with Gasteiger partial charge in [0.1, 0.15) is 6.61 Å². The molecule has 0 saturated heterocycles. The molecular weight excluding hydrogens is 228 g/mol. The van der Waals surface area contributed by atoms with Crippen molar-refractivity contribution in [3.8, 4) is 0 Å². The number of carbonyl (C=O) groups excluding carboxylic acids is 2. The lowest BCUT2D eigenvalue weighted by Crippen LogP contribution is -2.50. The monoisotopic (exact) mass is 244 g/mol. The summed E-state index contributed by atoms with van der Waals surface area (Å²) in [5.41, 5.74) is -1.41. The minimum Gasteiger partial charge on any atom is -0.462 e. The third-order valence-electron chi connectivity index (χ3n) is 2.03. The lowest BCUT2D eigenvalue weighted by atomic mass is 9.91. The van der Waals surface area contributed by atoms with Gasteiger partial charge in [0.25, 0.3) is 0 Å². The molecular formula is C11H16O6. The first-order chi connectivity index (χ1) is 7.66. The number of hydrogen-bond acceptors (Lipinski definition) is 6. The predicted octanol–water partition coefficient (Wildman–Crippen LogP) is 0.109. The smallest absolute Gasteiger partial charge is 0.334 e. The summed E-state index contributed by atoms with van der Waals surface area (Å²) in [7, 11) is 0. The minimum atomic E-state index is -2.78. The van der Waals surface area contributed by atoms with Crippen LogP contribution < -0.4 is 0 Å². The van der Waals surface area contributed by atoms with Crippen molar-refractivity contribution in [1.82, 2.24) is 0 Å². The number of rotatable bonds is 6. The van der Waals surface area contributed by atoms with Crippen LogP contribution in [0.2, 0.25) is 0 Å². The van der Waals surface area contributed by atoms with Crippen molar-refractivity contribution >= 4 is 11.9 Å². The first kappa shape index (κ1) is 15.3. The van der Waals surface area contributed by atoms with E-state index < -0.39 is 23.3 Å². The number of esters is 2. The second kappa shape index (κ2) is 5.60. The topological polar surface area (TPSA) is 93.1 Å². The van der Waals surface area contributed by atoms with Crippen LogP contribution in [0.25, 0.3) is 0 Å². The Labute approximate surface area is 99.1 Å². The second-order valence-corrected chi connectivity index (χ2v) is 3.93. The van der Waals surface area contributed by atoms with Crippen LogP contribution in [0, 0.1) is 5.41 Å². The Morgan fingerprint density at radius 1 is 1.18 bits per heavy atom. The van der Waals surface area contributed by atoms with Gasteiger partial charge in [-0.3, -0.25) is 0 Å². The Morgan fingerprint density at radius 2 is 1.65 bits per heavy atom. The van der Waals surface area contributed by atoms with Crippen molar-refractivity contribution in [3.63, 3.8) is 0 Å². The molecule has 6 nitrogen and oxygen atoms in total. The van der Waals surface area contributed by atoms with Gasteiger partial charge < -0.3 is 19.7 Å². The van der Waals surface area contributed by atoms with Gasteiger partial charge in [0.2, 0.25) is 0 Å². The summed E-state index contributed by atoms with van der Waals surface area (Å²) in [6.07, 6.45) is 1.72. The highest BCUT2D eigenvalue weighted by molar-refractivity contribution is 5.81. The van der Waals surface area contributed by atoms with Crippen molar-refractivity contribution in [2.45, 2.75) is 19.8 Å². The van der Waals surface area contributed by atoms with E-state index >= 15 is 0 Å². The van der Waals surface area contributed by atoms with Crippen molar-refractivity contribution in [3.05, 3.63) is 25.3 Å². The number of carbonyl (C=O) groups is 2. The van der Waals surface area contributed by atoms with E-state index in [4.69, 9.17) is 0 Å². The molecule has 0 unspecified atom stereocenters. The molecule has 0 atom stereocenters. The molecule has 0 aliphatic heterocycles. The molecule has 0 aromatic carbocycles. The van der Waals surface area contributed by atoms with E-state index in [0.29, 0.717) is 0 Å². The van der Waals surface area contributed by atoms with E-state index in [1.807, 2.05) is 0 Å². The summed E-state index contributed by atoms with van der Waals surface area (Å²) in [5.74, 6) is -4.50. The SMILES string of the molecule is C=CC(=O)OCC(C)(C)C(O)(O)OC(=O)C=C. The van der Waals surface area contributed by atoms with Crippen LogP contribution in [0.4, 0.5) is 0 Å². The molecule has 96 valence electrons. The maximum Gasteiger partial charge on any atom is 0.334 e. The Bertz CT molecular complexity index is 329. The second-order valence-electron chi connectivity index (χ2n) is 3.93. The van der Waals surface area contributed by atoms with E-state index in [0.717, 1.165) is 12.2 Å². The highest BCUT2D eigenvalue weighted by atomic mass is 16.8. The van der Waals surface area contributed by atoms with E-state index in [1.54, 1.807) is 0 Å². The molecule has 2 N–H and O–H groups in total. The molecule has 0 aromatic rings. The number of aliphatic hydroxyl groups is 2. The third kappa shape index (κ3) is 4.38. The van der Waals surface area contributed by atoms with E-state index in [9.17, 15) is 19.8 Å². The molecule has 0 fully saturated rings. The molecule has 0 spiro atoms. The van der Waals surface area contributed by atoms with Crippen LogP contribution in [0.1, 0.15) is 13.8 Å². The average Bonchev–Trinajstić information content (AvgIpc) is 2.24. The summed E-state index contributed by atoms with van der Waals surface area (Å²) in [6, 6.07) is 0. The summed E-state index contributed by atoms with van der Waals surface area (Å²) in [5, 5.41) is 19.2. The van der Waals surface area contributed by atoms with Gasteiger partial charge in [0, 0.05) is 12.2 Å². The van der Waals surface area contributed by atoms with Gasteiger partial charge in [-0.05, 0) is 13.8 Å². The van der Waals surface area contributed by atoms with E-state index in [2.05, 4.69) is 22.6 Å². The van der Waals surface area contributed by atoms with Crippen molar-refractivity contribution < 1.29 is 29.3 Å². The summed E-state index contributed by atoms with van der Waals surface area (Å²) < 4.78 is 9.02. The standard InChI is InChI=1S/C11H16O6/c1-5-8(12)16-7-10(3,4)11(14,15)17-9(13)6-2/h5-6,14-15H,1-2,7H2,3-4H3. The van der Waals surface area contributed by atoms with Crippen LogP contribution in [0.5, 0.6) is 0 Å². The molecule has 0 aromatic heterocycles. The van der Waals surface area contributed by atoms with E-state index in [1.165, 1.54) is 13.8 Å². The number of ether oxygens (including phenoxy) is 2. The molecule has 0 heterocycles. The third-order valence-corrected chi connectivity index (χ3v) is 2.03. The molecule has 0 bridgehead atoms. The fourth-order valence-corrected chi connectivity index (χ4v) is 0.725. The zero-order valence-electron chi connectivity index (χ0n) is 9.80. The summed E-state index contributed by atoms with van der Waals surface area (Å²) in [6.45, 7) is 8.63. The molecule has 0 amide bonds. The normalized spacial score (nSPS) is 11.5. The maximum atomic E-state index is 10.9. The fourth-order valence-electron chi connectivity index (χ4n) is 0.725. The van der Waals surface area contributed by atoms with Gasteiger partial charge in [-0.2, -0.15) is 0 Å². The minimum absolute atomic E-state index is 0.366. The van der Waals surface area contributed by atoms with Gasteiger partial charge in [0.05, 0.1) is 5.41 Å². The highest BCUT2D eigenvalue weighted by Crippen LogP contribution is 2.30. The van der Waals surface area contributed by atoms with Crippen molar-refractivity contribution in [2.75, 3.05) is 6.61 Å².